The first-order chi connectivity index (χ1) is 8.62. The molecule has 0 aliphatic carbocycles. The fraction of sp³-hybridized carbons (Fsp3) is 0.538. The van der Waals surface area contributed by atoms with Crippen molar-refractivity contribution in [3.05, 3.63) is 23.3 Å². The van der Waals surface area contributed by atoms with Crippen LogP contribution in [-0.2, 0) is 6.54 Å². The maximum Gasteiger partial charge on any atom is 0.127 e. The normalized spacial score (nSPS) is 12.3. The molecule has 0 amide bonds. The number of nitrogens with two attached hydrogens (primary N) is 1. The molecule has 0 spiro atoms. The second kappa shape index (κ2) is 7.20. The Bertz CT molecular complexity index is 383. The minimum Gasteiger partial charge on any atom is -0.497 e. The van der Waals surface area contributed by atoms with Gasteiger partial charge in [0.05, 0.1) is 20.3 Å². The van der Waals surface area contributed by atoms with Crippen molar-refractivity contribution in [3.8, 4) is 11.5 Å². The number of hydrogen-bond donors (Lipinski definition) is 3. The van der Waals surface area contributed by atoms with Gasteiger partial charge in [-0.2, -0.15) is 0 Å². The van der Waals surface area contributed by atoms with Gasteiger partial charge in [-0.1, -0.05) is 0 Å². The van der Waals surface area contributed by atoms with Crippen molar-refractivity contribution < 1.29 is 14.6 Å². The van der Waals surface area contributed by atoms with E-state index in [1.807, 2.05) is 19.1 Å². The van der Waals surface area contributed by atoms with Gasteiger partial charge in [-0.15, -0.1) is 0 Å². The minimum absolute atomic E-state index is 0.256. The van der Waals surface area contributed by atoms with E-state index in [-0.39, 0.29) is 6.54 Å². The first kappa shape index (κ1) is 14.8. The lowest BCUT2D eigenvalue weighted by atomic mass is 10.1. The number of aliphatic hydroxyl groups excluding tert-OH is 1. The molecular formula is C13H22N2O3. The van der Waals surface area contributed by atoms with Gasteiger partial charge in [0.2, 0.25) is 0 Å². The summed E-state index contributed by atoms with van der Waals surface area (Å²) in [6, 6.07) is 3.81. The average molecular weight is 254 g/mol. The molecular weight excluding hydrogens is 232 g/mol. The molecule has 1 rings (SSSR count). The van der Waals surface area contributed by atoms with E-state index in [4.69, 9.17) is 15.2 Å². The smallest absolute Gasteiger partial charge is 0.127 e. The maximum absolute atomic E-state index is 9.38. The Morgan fingerprint density at radius 3 is 2.61 bits per heavy atom. The van der Waals surface area contributed by atoms with Gasteiger partial charge >= 0.3 is 0 Å². The monoisotopic (exact) mass is 254 g/mol. The van der Waals surface area contributed by atoms with Gasteiger partial charge in [0.25, 0.3) is 0 Å². The van der Waals surface area contributed by atoms with Gasteiger partial charge in [-0.3, -0.25) is 0 Å². The summed E-state index contributed by atoms with van der Waals surface area (Å²) in [5.74, 6) is 1.55. The van der Waals surface area contributed by atoms with Crippen LogP contribution in [0.25, 0.3) is 0 Å². The highest BCUT2D eigenvalue weighted by atomic mass is 16.5. The van der Waals surface area contributed by atoms with E-state index in [0.29, 0.717) is 13.1 Å². The number of aryl methyl sites for hydroxylation is 1. The third-order valence-corrected chi connectivity index (χ3v) is 2.81. The van der Waals surface area contributed by atoms with Gasteiger partial charge in [-0.05, 0) is 18.6 Å². The molecule has 0 bridgehead atoms. The van der Waals surface area contributed by atoms with Gasteiger partial charge < -0.3 is 25.6 Å². The first-order valence-corrected chi connectivity index (χ1v) is 5.92. The number of hydrogen-bond acceptors (Lipinski definition) is 5. The zero-order valence-electron chi connectivity index (χ0n) is 11.2. The summed E-state index contributed by atoms with van der Waals surface area (Å²) in [4.78, 5) is 0. The lowest BCUT2D eigenvalue weighted by Crippen LogP contribution is -2.32. The van der Waals surface area contributed by atoms with Crippen LogP contribution in [0.2, 0.25) is 0 Å². The highest BCUT2D eigenvalue weighted by Gasteiger charge is 2.10. The molecule has 0 aromatic heterocycles. The largest absolute Gasteiger partial charge is 0.497 e. The second-order valence-corrected chi connectivity index (χ2v) is 4.15. The molecule has 0 fully saturated rings. The van der Waals surface area contributed by atoms with Crippen LogP contribution in [0.5, 0.6) is 11.5 Å². The third-order valence-electron chi connectivity index (χ3n) is 2.81. The van der Waals surface area contributed by atoms with E-state index in [1.165, 1.54) is 0 Å². The van der Waals surface area contributed by atoms with E-state index in [1.54, 1.807) is 14.2 Å². The number of methoxy groups -OCH3 is 2. The number of nitrogens with one attached hydrogen (secondary N) is 1. The molecule has 0 aliphatic heterocycles. The quantitative estimate of drug-likeness (QED) is 0.657. The van der Waals surface area contributed by atoms with Gasteiger partial charge in [0, 0.05) is 31.3 Å². The molecule has 0 saturated heterocycles. The minimum atomic E-state index is -0.519. The van der Waals surface area contributed by atoms with Crippen molar-refractivity contribution >= 4 is 0 Å². The summed E-state index contributed by atoms with van der Waals surface area (Å²) in [5, 5.41) is 12.5. The Kier molecular flexibility index (Phi) is 5.91. The predicted octanol–water partition coefficient (Wildman–Crippen LogP) is 0.421. The van der Waals surface area contributed by atoms with Crippen LogP contribution in [0.3, 0.4) is 0 Å². The summed E-state index contributed by atoms with van der Waals surface area (Å²) < 4.78 is 10.5. The topological polar surface area (TPSA) is 76.7 Å². The summed E-state index contributed by atoms with van der Waals surface area (Å²) in [7, 11) is 3.26. The van der Waals surface area contributed by atoms with Crippen LogP contribution < -0.4 is 20.5 Å². The lowest BCUT2D eigenvalue weighted by molar-refractivity contribution is 0.179. The summed E-state index contributed by atoms with van der Waals surface area (Å²) in [6.07, 6.45) is -0.519. The van der Waals surface area contributed by atoms with Crippen LogP contribution >= 0.6 is 0 Å². The molecule has 1 aromatic carbocycles. The molecule has 5 heteroatoms. The molecule has 0 aliphatic rings. The molecule has 0 saturated carbocycles. The van der Waals surface area contributed by atoms with Crippen LogP contribution in [0.15, 0.2) is 12.1 Å². The summed E-state index contributed by atoms with van der Waals surface area (Å²) in [6.45, 7) is 3.34. The molecule has 102 valence electrons. The highest BCUT2D eigenvalue weighted by molar-refractivity contribution is 5.46. The molecule has 1 atom stereocenters. The lowest BCUT2D eigenvalue weighted by Gasteiger charge is -2.15. The molecule has 0 radical (unpaired) electrons. The first-order valence-electron chi connectivity index (χ1n) is 5.92. The molecule has 1 aromatic rings. The third kappa shape index (κ3) is 3.87. The Morgan fingerprint density at radius 1 is 1.33 bits per heavy atom. The Balaban J connectivity index is 2.75. The van der Waals surface area contributed by atoms with Crippen molar-refractivity contribution in [1.82, 2.24) is 5.32 Å². The van der Waals surface area contributed by atoms with Crippen molar-refractivity contribution in [2.45, 2.75) is 19.6 Å². The van der Waals surface area contributed by atoms with E-state index in [2.05, 4.69) is 5.32 Å². The van der Waals surface area contributed by atoms with E-state index in [9.17, 15) is 5.11 Å². The van der Waals surface area contributed by atoms with E-state index < -0.39 is 6.10 Å². The fourth-order valence-corrected chi connectivity index (χ4v) is 1.73. The zero-order chi connectivity index (χ0) is 13.5. The molecule has 18 heavy (non-hydrogen) atoms. The Morgan fingerprint density at radius 2 is 2.06 bits per heavy atom. The number of ether oxygens (including phenoxy) is 2. The van der Waals surface area contributed by atoms with Crippen molar-refractivity contribution in [2.75, 3.05) is 27.3 Å². The Hall–Kier alpha value is -1.30. The van der Waals surface area contributed by atoms with Crippen LogP contribution in [-0.4, -0.2) is 38.5 Å². The van der Waals surface area contributed by atoms with E-state index in [0.717, 1.165) is 22.6 Å². The zero-order valence-corrected chi connectivity index (χ0v) is 11.2. The number of benzene rings is 1. The molecule has 1 unspecified atom stereocenters. The summed E-state index contributed by atoms with van der Waals surface area (Å²) >= 11 is 0. The van der Waals surface area contributed by atoms with Gasteiger partial charge in [-0.25, -0.2) is 0 Å². The van der Waals surface area contributed by atoms with E-state index >= 15 is 0 Å². The van der Waals surface area contributed by atoms with Crippen molar-refractivity contribution in [3.63, 3.8) is 0 Å². The second-order valence-electron chi connectivity index (χ2n) is 4.15. The van der Waals surface area contributed by atoms with Crippen LogP contribution in [0.4, 0.5) is 0 Å². The number of rotatable bonds is 7. The van der Waals surface area contributed by atoms with Gasteiger partial charge in [0.15, 0.2) is 0 Å². The average Bonchev–Trinajstić information content (AvgIpc) is 2.39. The number of aliphatic hydroxyl groups is 1. The summed E-state index contributed by atoms with van der Waals surface area (Å²) in [5.41, 5.74) is 7.49. The highest BCUT2D eigenvalue weighted by Crippen LogP contribution is 2.28. The van der Waals surface area contributed by atoms with Crippen molar-refractivity contribution in [1.29, 1.82) is 0 Å². The van der Waals surface area contributed by atoms with Crippen molar-refractivity contribution in [2.24, 2.45) is 5.73 Å². The maximum atomic E-state index is 9.38. The molecule has 0 heterocycles. The van der Waals surface area contributed by atoms with Crippen LogP contribution in [0.1, 0.15) is 11.1 Å². The van der Waals surface area contributed by atoms with Crippen LogP contribution in [0, 0.1) is 6.92 Å². The fourth-order valence-electron chi connectivity index (χ4n) is 1.73. The predicted molar refractivity (Wildman–Crippen MR) is 71.1 cm³/mol. The molecule has 5 nitrogen and oxygen atoms in total. The Labute approximate surface area is 108 Å². The van der Waals surface area contributed by atoms with Gasteiger partial charge in [0.1, 0.15) is 11.5 Å². The SMILES string of the molecule is COc1cc(C)c(CNCC(O)CN)c(OC)c1. The molecule has 4 N–H and O–H groups in total. The standard InChI is InChI=1S/C13H22N2O3/c1-9-4-11(17-2)5-13(18-3)12(9)8-15-7-10(16)6-14/h4-5,10,15-16H,6-8,14H2,1-3H3.